The maximum atomic E-state index is 12.1. The molecule has 0 aromatic heterocycles. The Kier molecular flexibility index (Phi) is 41.3. The molecule has 0 aliphatic rings. The van der Waals surface area contributed by atoms with E-state index in [1.165, 1.54) is 0 Å². The fraction of sp³-hybridized carbons (Fsp3) is 0.878. The molecule has 0 bridgehead atoms. The van der Waals surface area contributed by atoms with Crippen molar-refractivity contribution in [1.29, 1.82) is 0 Å². The SMILES string of the molecule is CCC(C)C(=O)NN(CC)CC(O)C(CC)CC(=O)C(C)NC.CCC(CC(=O)C(C)NC)C(O)CN(CC)NC(=O)C(C)NC.CCC(CC(=O)C(C)NC)C(O)CN(CC)NC(=O)C(C)NC. The molecule has 0 rings (SSSR count). The fourth-order valence-electron chi connectivity index (χ4n) is 6.55. The molecule has 0 aliphatic carbocycles. The Labute approximate surface area is 417 Å². The molecule has 11 N–H and O–H groups in total. The average Bonchev–Trinajstić information content (AvgIpc) is 3.35. The van der Waals surface area contributed by atoms with Crippen LogP contribution in [-0.2, 0) is 28.8 Å². The van der Waals surface area contributed by atoms with Crippen LogP contribution in [0.3, 0.4) is 0 Å². The van der Waals surface area contributed by atoms with Gasteiger partial charge in [0.15, 0.2) is 0 Å². The summed E-state index contributed by atoms with van der Waals surface area (Å²) in [5.41, 5.74) is 8.43. The summed E-state index contributed by atoms with van der Waals surface area (Å²) in [6.07, 6.45) is 1.94. The molecule has 0 fully saturated rings. The van der Waals surface area contributed by atoms with Crippen LogP contribution in [0.5, 0.6) is 0 Å². The van der Waals surface area contributed by atoms with E-state index in [-0.39, 0.29) is 89.0 Å². The maximum absolute atomic E-state index is 12.1. The second-order valence-corrected chi connectivity index (χ2v) is 18.1. The Balaban J connectivity index is -0.000000947. The second kappa shape index (κ2) is 40.6. The monoisotopic (exact) mass is 990 g/mol. The lowest BCUT2D eigenvalue weighted by Gasteiger charge is -2.29. The highest BCUT2D eigenvalue weighted by molar-refractivity contribution is 5.85. The van der Waals surface area contributed by atoms with Crippen LogP contribution < -0.4 is 42.9 Å². The Bertz CT molecular complexity index is 1260. The Hall–Kier alpha value is -3.02. The summed E-state index contributed by atoms with van der Waals surface area (Å²) in [6, 6.07) is -1.24. The molecule has 12 atom stereocenters. The fourth-order valence-corrected chi connectivity index (χ4v) is 6.55. The Morgan fingerprint density at radius 2 is 0.609 bits per heavy atom. The van der Waals surface area contributed by atoms with Gasteiger partial charge in [0.1, 0.15) is 17.3 Å². The molecule has 0 heterocycles. The van der Waals surface area contributed by atoms with Gasteiger partial charge in [-0.3, -0.25) is 45.0 Å². The average molecular weight is 990 g/mol. The minimum atomic E-state index is -0.668. The molecule has 3 amide bonds. The summed E-state index contributed by atoms with van der Waals surface area (Å²) in [7, 11) is 8.69. The summed E-state index contributed by atoms with van der Waals surface area (Å²) in [5.74, 6) is -0.432. The van der Waals surface area contributed by atoms with Crippen LogP contribution in [0.15, 0.2) is 0 Å². The van der Waals surface area contributed by atoms with Gasteiger partial charge in [-0.2, -0.15) is 0 Å². The summed E-state index contributed by atoms with van der Waals surface area (Å²) in [6.45, 7) is 27.2. The first-order chi connectivity index (χ1) is 32.4. The number of carbonyl (C=O) groups excluding carboxylic acids is 6. The van der Waals surface area contributed by atoms with Gasteiger partial charge < -0.3 is 41.9 Å². The summed E-state index contributed by atoms with van der Waals surface area (Å²) < 4.78 is 0. The van der Waals surface area contributed by atoms with E-state index in [4.69, 9.17) is 0 Å². The summed E-state index contributed by atoms with van der Waals surface area (Å²) in [4.78, 5) is 71.9. The third kappa shape index (κ3) is 29.8. The van der Waals surface area contributed by atoms with Gasteiger partial charge in [-0.05, 0) is 94.0 Å². The van der Waals surface area contributed by atoms with Crippen molar-refractivity contribution in [1.82, 2.24) is 57.9 Å². The van der Waals surface area contributed by atoms with E-state index in [1.807, 2.05) is 76.2 Å². The molecular weight excluding hydrogens is 887 g/mol. The van der Waals surface area contributed by atoms with Crippen LogP contribution >= 0.6 is 0 Å². The standard InChI is InChI=1S/C17H35N3O3.2C16H34N4O3/c1-7-12(4)17(23)19-20(9-3)11-16(22)14(8-2)10-15(21)13(5)18-6;2*1-7-13(9-14(21)11(3)17-5)15(22)10-20(8-2)19-16(23)12(4)18-6/h12-14,16,18,22H,7-11H2,1-6H3,(H,19,23);2*11-13,15,17-18,22H,7-10H2,1-6H3,(H,19,23). The molecule has 408 valence electrons. The third-order valence-corrected chi connectivity index (χ3v) is 13.2. The number of aliphatic hydroxyl groups is 3. The molecule has 69 heavy (non-hydrogen) atoms. The molecule has 0 aromatic carbocycles. The zero-order chi connectivity index (χ0) is 54.0. The first kappa shape index (κ1) is 70.2. The number of rotatable bonds is 36. The number of carbonyl (C=O) groups is 6. The maximum Gasteiger partial charge on any atom is 0.251 e. The highest BCUT2D eigenvalue weighted by Gasteiger charge is 2.28. The van der Waals surface area contributed by atoms with Crippen molar-refractivity contribution >= 4 is 35.1 Å². The molecular formula is C49H103N11O9. The molecule has 0 radical (unpaired) electrons. The number of nitrogens with one attached hydrogen (secondary N) is 8. The quantitative estimate of drug-likeness (QED) is 0.0393. The first-order valence-corrected chi connectivity index (χ1v) is 25.5. The van der Waals surface area contributed by atoms with Crippen molar-refractivity contribution in [3.05, 3.63) is 0 Å². The van der Waals surface area contributed by atoms with Crippen molar-refractivity contribution in [3.8, 4) is 0 Å². The van der Waals surface area contributed by atoms with Gasteiger partial charge in [0, 0.05) is 64.4 Å². The van der Waals surface area contributed by atoms with Gasteiger partial charge in [0.2, 0.25) is 5.91 Å². The lowest BCUT2D eigenvalue weighted by Crippen LogP contribution is -2.52. The number of aliphatic hydroxyl groups excluding tert-OH is 3. The van der Waals surface area contributed by atoms with Gasteiger partial charge in [-0.1, -0.05) is 74.7 Å². The van der Waals surface area contributed by atoms with E-state index < -0.39 is 18.3 Å². The van der Waals surface area contributed by atoms with E-state index in [9.17, 15) is 44.1 Å². The van der Waals surface area contributed by atoms with E-state index in [1.54, 1.807) is 64.1 Å². The smallest absolute Gasteiger partial charge is 0.251 e. The number of hydrazine groups is 3. The summed E-state index contributed by atoms with van der Waals surface area (Å²) in [5, 5.41) is 51.0. The number of nitrogens with zero attached hydrogens (tertiary/aromatic N) is 3. The molecule has 0 aromatic rings. The van der Waals surface area contributed by atoms with Crippen molar-refractivity contribution in [2.24, 2.45) is 23.7 Å². The van der Waals surface area contributed by atoms with Crippen LogP contribution in [0.4, 0.5) is 0 Å². The van der Waals surface area contributed by atoms with Gasteiger partial charge in [-0.15, -0.1) is 0 Å². The lowest BCUT2D eigenvalue weighted by molar-refractivity contribution is -0.131. The third-order valence-electron chi connectivity index (χ3n) is 13.2. The first-order valence-electron chi connectivity index (χ1n) is 25.5. The molecule has 0 saturated heterocycles. The zero-order valence-electron chi connectivity index (χ0n) is 46.3. The van der Waals surface area contributed by atoms with Crippen LogP contribution in [0.2, 0.25) is 0 Å². The van der Waals surface area contributed by atoms with Crippen molar-refractivity contribution < 1.29 is 44.1 Å². The van der Waals surface area contributed by atoms with Crippen molar-refractivity contribution in [2.75, 3.05) is 74.5 Å². The second-order valence-electron chi connectivity index (χ2n) is 18.1. The van der Waals surface area contributed by atoms with E-state index in [0.29, 0.717) is 71.4 Å². The minimum Gasteiger partial charge on any atom is -0.391 e. The minimum absolute atomic E-state index is 0.0329. The normalized spacial score (nSPS) is 16.7. The molecule has 12 unspecified atom stereocenters. The number of hydrogen-bond acceptors (Lipinski definition) is 17. The van der Waals surface area contributed by atoms with Crippen LogP contribution in [-0.4, -0.2) is 188 Å². The van der Waals surface area contributed by atoms with Crippen LogP contribution in [0.1, 0.15) is 135 Å². The van der Waals surface area contributed by atoms with Gasteiger partial charge >= 0.3 is 0 Å². The molecule has 0 aliphatic heterocycles. The van der Waals surface area contributed by atoms with Gasteiger partial charge in [0.25, 0.3) is 11.8 Å². The molecule has 0 spiro atoms. The number of hydrogen-bond donors (Lipinski definition) is 11. The number of ketones is 3. The van der Waals surface area contributed by atoms with Crippen LogP contribution in [0, 0.1) is 23.7 Å². The highest BCUT2D eigenvalue weighted by Crippen LogP contribution is 2.19. The largest absolute Gasteiger partial charge is 0.391 e. The van der Waals surface area contributed by atoms with Crippen LogP contribution in [0.25, 0.3) is 0 Å². The molecule has 0 saturated carbocycles. The Morgan fingerprint density at radius 1 is 0.377 bits per heavy atom. The lowest BCUT2D eigenvalue weighted by atomic mass is 9.91. The number of Topliss-reactive ketones (excluding diaryl/α,β-unsaturated/α-hetero) is 3. The van der Waals surface area contributed by atoms with Crippen molar-refractivity contribution in [3.63, 3.8) is 0 Å². The predicted octanol–water partition coefficient (Wildman–Crippen LogP) is 1.14. The van der Waals surface area contributed by atoms with E-state index in [0.717, 1.165) is 12.8 Å². The van der Waals surface area contributed by atoms with Crippen molar-refractivity contribution in [2.45, 2.75) is 183 Å². The van der Waals surface area contributed by atoms with Gasteiger partial charge in [-0.25, -0.2) is 15.0 Å². The number of likely N-dealkylation sites (N-methyl/N-ethyl adjacent to an activating group) is 8. The number of amides is 3. The molecule has 20 heteroatoms. The summed E-state index contributed by atoms with van der Waals surface area (Å²) >= 11 is 0. The molecule has 20 nitrogen and oxygen atoms in total. The topological polar surface area (TPSA) is 269 Å². The van der Waals surface area contributed by atoms with E-state index in [2.05, 4.69) is 42.9 Å². The Morgan fingerprint density at radius 3 is 0.797 bits per heavy atom. The van der Waals surface area contributed by atoms with Gasteiger partial charge in [0.05, 0.1) is 48.5 Å². The predicted molar refractivity (Wildman–Crippen MR) is 276 cm³/mol. The zero-order valence-corrected chi connectivity index (χ0v) is 46.3. The van der Waals surface area contributed by atoms with E-state index >= 15 is 0 Å². The highest BCUT2D eigenvalue weighted by atomic mass is 16.3.